The van der Waals surface area contributed by atoms with E-state index in [1.807, 2.05) is 30.3 Å². The molecule has 0 radical (unpaired) electrons. The second-order valence-corrected chi connectivity index (χ2v) is 7.24. The van der Waals surface area contributed by atoms with Crippen LogP contribution in [0.15, 0.2) is 64.2 Å². The fraction of sp³-hybridized carbons (Fsp3) is 0.227. The fourth-order valence-electron chi connectivity index (χ4n) is 3.26. The zero-order valence-electron chi connectivity index (χ0n) is 17.1. The van der Waals surface area contributed by atoms with E-state index < -0.39 is 0 Å². The number of H-pyrrole nitrogens is 1. The minimum atomic E-state index is 0. The number of rotatable bonds is 7. The molecule has 3 N–H and O–H groups in total. The van der Waals surface area contributed by atoms with E-state index in [1.54, 1.807) is 7.05 Å². The van der Waals surface area contributed by atoms with Crippen molar-refractivity contribution < 1.29 is 4.52 Å². The molecule has 0 unspecified atom stereocenters. The van der Waals surface area contributed by atoms with Gasteiger partial charge in [0, 0.05) is 54.2 Å². The lowest BCUT2D eigenvalue weighted by Crippen LogP contribution is -2.39. The molecule has 0 bridgehead atoms. The maximum absolute atomic E-state index is 6.02. The van der Waals surface area contributed by atoms with Crippen molar-refractivity contribution in [1.29, 1.82) is 0 Å². The number of fused-ring (bicyclic) bond motifs is 1. The first-order valence-electron chi connectivity index (χ1n) is 9.81. The highest BCUT2D eigenvalue weighted by Crippen LogP contribution is 2.20. The number of aromatic nitrogens is 3. The van der Waals surface area contributed by atoms with Gasteiger partial charge in [0.05, 0.1) is 0 Å². The Labute approximate surface area is 202 Å². The zero-order chi connectivity index (χ0) is 20.8. The average Bonchev–Trinajstić information content (AvgIpc) is 3.40. The summed E-state index contributed by atoms with van der Waals surface area (Å²) in [4.78, 5) is 12.0. The summed E-state index contributed by atoms with van der Waals surface area (Å²) >= 11 is 6.02. The third-order valence-electron chi connectivity index (χ3n) is 4.77. The average molecular weight is 551 g/mol. The maximum Gasteiger partial charge on any atom is 0.228 e. The maximum atomic E-state index is 6.02. The smallest absolute Gasteiger partial charge is 0.228 e. The van der Waals surface area contributed by atoms with E-state index in [9.17, 15) is 0 Å². The molecule has 2 aromatic heterocycles. The molecule has 4 rings (SSSR count). The summed E-state index contributed by atoms with van der Waals surface area (Å²) in [5, 5.41) is 12.5. The van der Waals surface area contributed by atoms with Gasteiger partial charge in [-0.25, -0.2) is 0 Å². The predicted octanol–water partition coefficient (Wildman–Crippen LogP) is 4.44. The van der Waals surface area contributed by atoms with E-state index >= 15 is 0 Å². The topological polar surface area (TPSA) is 91.1 Å². The largest absolute Gasteiger partial charge is 0.361 e. The molecule has 0 aliphatic rings. The van der Waals surface area contributed by atoms with Crippen molar-refractivity contribution in [2.75, 3.05) is 20.1 Å². The number of aliphatic imine (C=N–C) groups is 1. The van der Waals surface area contributed by atoms with Crippen LogP contribution in [0.3, 0.4) is 0 Å². The van der Waals surface area contributed by atoms with Crippen LogP contribution in [-0.4, -0.2) is 41.2 Å². The molecule has 0 aliphatic heterocycles. The van der Waals surface area contributed by atoms with Crippen molar-refractivity contribution in [2.24, 2.45) is 4.99 Å². The summed E-state index contributed by atoms with van der Waals surface area (Å²) in [5.41, 5.74) is 3.28. The molecule has 7 nitrogen and oxygen atoms in total. The lowest BCUT2D eigenvalue weighted by molar-refractivity contribution is 0.378. The van der Waals surface area contributed by atoms with Crippen LogP contribution in [0, 0.1) is 0 Å². The monoisotopic (exact) mass is 550 g/mol. The van der Waals surface area contributed by atoms with E-state index in [0.29, 0.717) is 29.7 Å². The Balaban J connectivity index is 0.00000272. The van der Waals surface area contributed by atoms with Crippen LogP contribution in [0.25, 0.3) is 22.3 Å². The molecule has 0 atom stereocenters. The van der Waals surface area contributed by atoms with Gasteiger partial charge in [-0.2, -0.15) is 4.98 Å². The van der Waals surface area contributed by atoms with Crippen molar-refractivity contribution >= 4 is 52.4 Å². The number of halogens is 2. The van der Waals surface area contributed by atoms with Crippen LogP contribution in [0.2, 0.25) is 5.02 Å². The fourth-order valence-corrected chi connectivity index (χ4v) is 3.45. The molecule has 162 valence electrons. The van der Waals surface area contributed by atoms with Gasteiger partial charge in [0.25, 0.3) is 0 Å². The number of aromatic amines is 1. The van der Waals surface area contributed by atoms with Crippen LogP contribution in [-0.2, 0) is 12.8 Å². The molecule has 0 amide bonds. The van der Waals surface area contributed by atoms with Crippen molar-refractivity contribution in [2.45, 2.75) is 12.8 Å². The zero-order valence-corrected chi connectivity index (χ0v) is 20.1. The SMILES string of the molecule is CN=C(NCCc1nc(-c2cccc(Cl)c2)no1)NCCc1c[nH]c2ccccc12.I. The summed E-state index contributed by atoms with van der Waals surface area (Å²) in [5.74, 6) is 1.84. The molecular weight excluding hydrogens is 527 g/mol. The Morgan fingerprint density at radius 3 is 2.71 bits per heavy atom. The third-order valence-corrected chi connectivity index (χ3v) is 5.00. The van der Waals surface area contributed by atoms with Gasteiger partial charge in [0.15, 0.2) is 5.96 Å². The second-order valence-electron chi connectivity index (χ2n) is 6.81. The van der Waals surface area contributed by atoms with Gasteiger partial charge in [-0.3, -0.25) is 4.99 Å². The predicted molar refractivity (Wildman–Crippen MR) is 135 cm³/mol. The Bertz CT molecular complexity index is 1160. The van der Waals surface area contributed by atoms with Crippen molar-refractivity contribution in [1.82, 2.24) is 25.8 Å². The summed E-state index contributed by atoms with van der Waals surface area (Å²) in [6, 6.07) is 15.7. The molecule has 0 saturated carbocycles. The number of nitrogens with one attached hydrogen (secondary N) is 3. The van der Waals surface area contributed by atoms with E-state index in [1.165, 1.54) is 10.9 Å². The van der Waals surface area contributed by atoms with Gasteiger partial charge >= 0.3 is 0 Å². The molecule has 0 spiro atoms. The Hall–Kier alpha value is -2.59. The Morgan fingerprint density at radius 1 is 1.10 bits per heavy atom. The highest BCUT2D eigenvalue weighted by molar-refractivity contribution is 14.0. The van der Waals surface area contributed by atoms with Crippen LogP contribution in [0.1, 0.15) is 11.5 Å². The molecule has 2 aromatic carbocycles. The number of nitrogens with zero attached hydrogens (tertiary/aromatic N) is 3. The number of hydrogen-bond acceptors (Lipinski definition) is 4. The number of guanidine groups is 1. The van der Waals surface area contributed by atoms with E-state index in [0.717, 1.165) is 30.0 Å². The molecule has 9 heteroatoms. The molecule has 0 fully saturated rings. The molecule has 0 aliphatic carbocycles. The normalized spacial score (nSPS) is 11.4. The molecule has 2 heterocycles. The Kier molecular flexibility index (Phi) is 8.30. The first-order chi connectivity index (χ1) is 14.7. The lowest BCUT2D eigenvalue weighted by atomic mass is 10.1. The van der Waals surface area contributed by atoms with E-state index in [-0.39, 0.29) is 24.0 Å². The van der Waals surface area contributed by atoms with Gasteiger partial charge < -0.3 is 20.1 Å². The van der Waals surface area contributed by atoms with Crippen molar-refractivity contribution in [3.8, 4) is 11.4 Å². The standard InChI is InChI=1S/C22H23ClN6O.HI/c1-24-22(25-11-9-16-14-27-19-8-3-2-7-18(16)19)26-12-10-20-28-21(29-30-20)15-5-4-6-17(23)13-15;/h2-8,13-14,27H,9-12H2,1H3,(H2,24,25,26);1H. The van der Waals surface area contributed by atoms with Crippen LogP contribution in [0.4, 0.5) is 0 Å². The van der Waals surface area contributed by atoms with Crippen molar-refractivity contribution in [3.63, 3.8) is 0 Å². The third kappa shape index (κ3) is 5.98. The second kappa shape index (κ2) is 11.1. The molecular formula is C22H24ClIN6O. The number of benzene rings is 2. The van der Waals surface area contributed by atoms with E-state index in [2.05, 4.69) is 55.1 Å². The van der Waals surface area contributed by atoms with Crippen LogP contribution in [0.5, 0.6) is 0 Å². The van der Waals surface area contributed by atoms with E-state index in [4.69, 9.17) is 16.1 Å². The van der Waals surface area contributed by atoms with Gasteiger partial charge in [-0.1, -0.05) is 47.1 Å². The number of hydrogen-bond donors (Lipinski definition) is 3. The van der Waals surface area contributed by atoms with Gasteiger partial charge in [-0.05, 0) is 30.2 Å². The summed E-state index contributed by atoms with van der Waals surface area (Å²) in [6.07, 6.45) is 3.56. The highest BCUT2D eigenvalue weighted by atomic mass is 127. The molecule has 31 heavy (non-hydrogen) atoms. The first kappa shape index (κ1) is 23.1. The minimum Gasteiger partial charge on any atom is -0.361 e. The minimum absolute atomic E-state index is 0. The summed E-state index contributed by atoms with van der Waals surface area (Å²) in [6.45, 7) is 1.41. The van der Waals surface area contributed by atoms with Gasteiger partial charge in [0.1, 0.15) is 0 Å². The highest BCUT2D eigenvalue weighted by Gasteiger charge is 2.09. The number of para-hydroxylation sites is 1. The van der Waals surface area contributed by atoms with Crippen molar-refractivity contribution in [3.05, 3.63) is 71.2 Å². The van der Waals surface area contributed by atoms with Crippen LogP contribution >= 0.6 is 35.6 Å². The quantitative estimate of drug-likeness (QED) is 0.180. The molecule has 4 aromatic rings. The Morgan fingerprint density at radius 2 is 1.90 bits per heavy atom. The van der Waals surface area contributed by atoms with Crippen LogP contribution < -0.4 is 10.6 Å². The first-order valence-corrected chi connectivity index (χ1v) is 10.2. The van der Waals surface area contributed by atoms with Gasteiger partial charge in [0.2, 0.25) is 11.7 Å². The molecule has 0 saturated heterocycles. The summed E-state index contributed by atoms with van der Waals surface area (Å²) in [7, 11) is 1.75. The summed E-state index contributed by atoms with van der Waals surface area (Å²) < 4.78 is 5.34. The lowest BCUT2D eigenvalue weighted by Gasteiger charge is -2.10. The van der Waals surface area contributed by atoms with Gasteiger partial charge in [-0.15, -0.1) is 24.0 Å².